The number of carbonyl (C=O) groups excluding carboxylic acids is 2. The van der Waals surface area contributed by atoms with Gasteiger partial charge in [0.05, 0.1) is 0 Å². The Bertz CT molecular complexity index is 526. The minimum Gasteiger partial charge on any atom is -0.449 e. The summed E-state index contributed by atoms with van der Waals surface area (Å²) < 4.78 is 4.69. The van der Waals surface area contributed by atoms with Crippen molar-refractivity contribution in [2.75, 3.05) is 6.61 Å². The molecule has 0 aromatic rings. The summed E-state index contributed by atoms with van der Waals surface area (Å²) in [5.74, 6) is 2.87. The van der Waals surface area contributed by atoms with Crippen LogP contribution >= 0.6 is 0 Å². The molecule has 0 bridgehead atoms. The number of ether oxygens (including phenoxy) is 1. The van der Waals surface area contributed by atoms with Crippen LogP contribution in [-0.2, 0) is 14.3 Å². The Morgan fingerprint density at radius 3 is 2.82 bits per heavy atom. The van der Waals surface area contributed by atoms with Gasteiger partial charge in [-0.3, -0.25) is 14.9 Å². The predicted octanol–water partition coefficient (Wildman–Crippen LogP) is 1.36. The van der Waals surface area contributed by atoms with Crippen molar-refractivity contribution >= 4 is 11.9 Å². The Hall–Kier alpha value is -2.62. The zero-order chi connectivity index (χ0) is 17.0. The SMILES string of the molecule is CC.NC(=O)C#CCOC(=O)/C=C/C1=CCCC([N+](=O)[O-])C1. The van der Waals surface area contributed by atoms with Crippen LogP contribution in [0.1, 0.15) is 33.1 Å². The van der Waals surface area contributed by atoms with Gasteiger partial charge in [0, 0.05) is 23.8 Å². The predicted molar refractivity (Wildman–Crippen MR) is 81.1 cm³/mol. The van der Waals surface area contributed by atoms with Crippen LogP contribution in [0.4, 0.5) is 0 Å². The van der Waals surface area contributed by atoms with Gasteiger partial charge in [0.25, 0.3) is 5.91 Å². The minimum absolute atomic E-state index is 0.233. The second-order valence-electron chi connectivity index (χ2n) is 4.11. The maximum absolute atomic E-state index is 11.3. The first-order valence-corrected chi connectivity index (χ1v) is 6.94. The number of primary amides is 1. The molecule has 0 spiro atoms. The molecule has 1 aliphatic rings. The topological polar surface area (TPSA) is 113 Å². The van der Waals surface area contributed by atoms with E-state index < -0.39 is 17.9 Å². The van der Waals surface area contributed by atoms with Crippen LogP contribution in [0.5, 0.6) is 0 Å². The smallest absolute Gasteiger partial charge is 0.331 e. The van der Waals surface area contributed by atoms with E-state index in [0.29, 0.717) is 19.3 Å². The first-order valence-electron chi connectivity index (χ1n) is 6.94. The molecule has 0 aromatic heterocycles. The van der Waals surface area contributed by atoms with E-state index in [1.165, 1.54) is 12.2 Å². The lowest BCUT2D eigenvalue weighted by molar-refractivity contribution is -0.523. The van der Waals surface area contributed by atoms with E-state index >= 15 is 0 Å². The average molecular weight is 308 g/mol. The number of carbonyl (C=O) groups is 2. The molecule has 1 rings (SSSR count). The first-order chi connectivity index (χ1) is 10.5. The molecule has 22 heavy (non-hydrogen) atoms. The van der Waals surface area contributed by atoms with Crippen molar-refractivity contribution in [3.05, 3.63) is 33.9 Å². The molecule has 7 nitrogen and oxygen atoms in total. The Labute approximate surface area is 129 Å². The van der Waals surface area contributed by atoms with Crippen molar-refractivity contribution < 1.29 is 19.2 Å². The lowest BCUT2D eigenvalue weighted by atomic mass is 9.95. The Kier molecular flexibility index (Phi) is 9.76. The van der Waals surface area contributed by atoms with Gasteiger partial charge in [-0.15, -0.1) is 0 Å². The van der Waals surface area contributed by atoms with Crippen LogP contribution in [0.15, 0.2) is 23.8 Å². The number of esters is 1. The van der Waals surface area contributed by atoms with Gasteiger partial charge in [-0.1, -0.05) is 31.9 Å². The molecule has 0 radical (unpaired) electrons. The second kappa shape index (κ2) is 11.1. The van der Waals surface area contributed by atoms with Gasteiger partial charge in [-0.05, 0) is 17.9 Å². The van der Waals surface area contributed by atoms with Crippen molar-refractivity contribution in [2.24, 2.45) is 5.73 Å². The fraction of sp³-hybridized carbons (Fsp3) is 0.467. The number of amides is 1. The summed E-state index contributed by atoms with van der Waals surface area (Å²) >= 11 is 0. The van der Waals surface area contributed by atoms with Crippen molar-refractivity contribution in [2.45, 2.75) is 39.2 Å². The van der Waals surface area contributed by atoms with Gasteiger partial charge in [-0.25, -0.2) is 4.79 Å². The molecule has 1 unspecified atom stereocenters. The number of nitrogens with two attached hydrogens (primary N) is 1. The van der Waals surface area contributed by atoms with Crippen LogP contribution in [0.2, 0.25) is 0 Å². The lowest BCUT2D eigenvalue weighted by Crippen LogP contribution is -2.21. The summed E-state index contributed by atoms with van der Waals surface area (Å²) in [6.07, 6.45) is 5.97. The van der Waals surface area contributed by atoms with Crippen molar-refractivity contribution in [1.82, 2.24) is 0 Å². The highest BCUT2D eigenvalue weighted by Gasteiger charge is 2.23. The monoisotopic (exact) mass is 308 g/mol. The van der Waals surface area contributed by atoms with E-state index in [2.05, 4.69) is 10.7 Å². The lowest BCUT2D eigenvalue weighted by Gasteiger charge is -2.13. The minimum atomic E-state index is -0.797. The van der Waals surface area contributed by atoms with Crippen molar-refractivity contribution in [1.29, 1.82) is 0 Å². The Morgan fingerprint density at radius 1 is 1.55 bits per heavy atom. The number of allylic oxidation sites excluding steroid dienone is 2. The van der Waals surface area contributed by atoms with Crippen molar-refractivity contribution in [3.63, 3.8) is 0 Å². The van der Waals surface area contributed by atoms with Gasteiger partial charge >= 0.3 is 5.97 Å². The zero-order valence-electron chi connectivity index (χ0n) is 12.7. The molecule has 0 aliphatic heterocycles. The number of nitrogens with zero attached hydrogens (tertiary/aromatic N) is 1. The summed E-state index contributed by atoms with van der Waals surface area (Å²) in [4.78, 5) is 32.0. The van der Waals surface area contributed by atoms with Gasteiger partial charge < -0.3 is 10.5 Å². The van der Waals surface area contributed by atoms with Crippen LogP contribution in [0.25, 0.3) is 0 Å². The fourth-order valence-electron chi connectivity index (χ4n) is 1.69. The van der Waals surface area contributed by atoms with E-state index in [0.717, 1.165) is 5.57 Å². The molecule has 1 atom stereocenters. The third kappa shape index (κ3) is 8.53. The molecule has 0 heterocycles. The van der Waals surface area contributed by atoms with Crippen LogP contribution < -0.4 is 5.73 Å². The largest absolute Gasteiger partial charge is 0.449 e. The van der Waals surface area contributed by atoms with E-state index in [-0.39, 0.29) is 11.5 Å². The molecule has 0 fully saturated rings. The number of nitro groups is 1. The highest BCUT2D eigenvalue weighted by molar-refractivity contribution is 5.92. The number of rotatable bonds is 4. The summed E-state index contributed by atoms with van der Waals surface area (Å²) in [5, 5.41) is 10.7. The van der Waals surface area contributed by atoms with E-state index in [1.54, 1.807) is 0 Å². The second-order valence-corrected chi connectivity index (χ2v) is 4.11. The summed E-state index contributed by atoms with van der Waals surface area (Å²) in [7, 11) is 0. The highest BCUT2D eigenvalue weighted by Crippen LogP contribution is 2.21. The quantitative estimate of drug-likeness (QED) is 0.277. The molecule has 1 aliphatic carbocycles. The maximum Gasteiger partial charge on any atom is 0.331 e. The van der Waals surface area contributed by atoms with Gasteiger partial charge in [0.15, 0.2) is 6.61 Å². The maximum atomic E-state index is 11.3. The van der Waals surface area contributed by atoms with Crippen LogP contribution in [-0.4, -0.2) is 29.4 Å². The molecule has 0 aromatic carbocycles. The Balaban J connectivity index is 0.00000211. The average Bonchev–Trinajstić information content (AvgIpc) is 2.51. The van der Waals surface area contributed by atoms with Crippen molar-refractivity contribution in [3.8, 4) is 11.8 Å². The van der Waals surface area contributed by atoms with Gasteiger partial charge in [-0.2, -0.15) is 0 Å². The molecule has 2 N–H and O–H groups in total. The van der Waals surface area contributed by atoms with E-state index in [9.17, 15) is 19.7 Å². The Morgan fingerprint density at radius 2 is 2.23 bits per heavy atom. The van der Waals surface area contributed by atoms with E-state index in [4.69, 9.17) is 5.73 Å². The summed E-state index contributed by atoms with van der Waals surface area (Å²) in [6.45, 7) is 3.77. The molecule has 0 saturated heterocycles. The molecular weight excluding hydrogens is 288 g/mol. The van der Waals surface area contributed by atoms with Crippen LogP contribution in [0.3, 0.4) is 0 Å². The molecule has 0 saturated carbocycles. The molecular formula is C15H20N2O5. The van der Waals surface area contributed by atoms with Gasteiger partial charge in [0.2, 0.25) is 6.04 Å². The third-order valence-corrected chi connectivity index (χ3v) is 2.61. The van der Waals surface area contributed by atoms with Crippen LogP contribution in [0, 0.1) is 22.0 Å². The molecule has 1 amide bonds. The first kappa shape index (κ1) is 19.4. The number of hydrogen-bond acceptors (Lipinski definition) is 5. The summed E-state index contributed by atoms with van der Waals surface area (Å²) in [6, 6.07) is -0.600. The standard InChI is InChI=1S/C13H14N2O5.C2H6/c14-12(16)5-2-8-20-13(17)7-6-10-3-1-4-11(9-10)15(18)19;1-2/h3,6-7,11H,1,4,8-9H2,(H2,14,16);1-2H3/b7-6+;. The summed E-state index contributed by atoms with van der Waals surface area (Å²) in [5.41, 5.74) is 5.51. The zero-order valence-corrected chi connectivity index (χ0v) is 12.7. The fourth-order valence-corrected chi connectivity index (χ4v) is 1.69. The van der Waals surface area contributed by atoms with Gasteiger partial charge in [0.1, 0.15) is 0 Å². The molecule has 7 heteroatoms. The highest BCUT2D eigenvalue weighted by atomic mass is 16.6. The normalized spacial score (nSPS) is 16.5. The third-order valence-electron chi connectivity index (χ3n) is 2.61. The van der Waals surface area contributed by atoms with E-state index in [1.807, 2.05) is 25.8 Å². The number of hydrogen-bond donors (Lipinski definition) is 1. The molecule has 120 valence electrons.